The fourth-order valence-corrected chi connectivity index (χ4v) is 1.97. The number of rotatable bonds is 4. The number of anilines is 2. The maximum atomic E-state index is 5.90. The van der Waals surface area contributed by atoms with Gasteiger partial charge in [-0.05, 0) is 29.9 Å². The quantitative estimate of drug-likeness (QED) is 0.767. The van der Waals surface area contributed by atoms with Crippen LogP contribution in [0.25, 0.3) is 0 Å². The second-order valence-corrected chi connectivity index (χ2v) is 5.22. The molecule has 1 aromatic rings. The third-order valence-electron chi connectivity index (χ3n) is 3.52. The molecule has 0 saturated heterocycles. The summed E-state index contributed by atoms with van der Waals surface area (Å²) in [6, 6.07) is 5.70. The molecule has 1 aliphatic rings. The Bertz CT molecular complexity index is 388. The predicted molar refractivity (Wildman–Crippen MR) is 67.8 cm³/mol. The Labute approximate surface area is 97.0 Å². The molecule has 1 aromatic carbocycles. The zero-order valence-electron chi connectivity index (χ0n) is 10.2. The summed E-state index contributed by atoms with van der Waals surface area (Å²) in [6.07, 6.45) is 1.30. The molecule has 1 fully saturated rings. The molecule has 3 nitrogen and oxygen atoms in total. The van der Waals surface area contributed by atoms with Crippen LogP contribution in [0, 0.1) is 11.3 Å². The van der Waals surface area contributed by atoms with Crippen molar-refractivity contribution in [2.24, 2.45) is 11.3 Å². The summed E-state index contributed by atoms with van der Waals surface area (Å²) in [5.41, 5.74) is 8.15. The van der Waals surface area contributed by atoms with Crippen molar-refractivity contribution in [3.63, 3.8) is 0 Å². The van der Waals surface area contributed by atoms with Crippen LogP contribution in [0.4, 0.5) is 11.4 Å². The molecule has 0 aromatic heterocycles. The second kappa shape index (κ2) is 3.89. The summed E-state index contributed by atoms with van der Waals surface area (Å²) in [7, 11) is 1.67. The molecule has 0 bridgehead atoms. The highest BCUT2D eigenvalue weighted by Crippen LogP contribution is 2.51. The molecule has 1 aliphatic carbocycles. The molecule has 0 aliphatic heterocycles. The smallest absolute Gasteiger partial charge is 0.121 e. The van der Waals surface area contributed by atoms with Crippen LogP contribution in [0.1, 0.15) is 20.3 Å². The van der Waals surface area contributed by atoms with E-state index in [0.29, 0.717) is 5.41 Å². The normalized spacial score (nSPS) is 21.6. The molecule has 2 rings (SSSR count). The molecule has 88 valence electrons. The van der Waals surface area contributed by atoms with Crippen molar-refractivity contribution in [1.29, 1.82) is 0 Å². The zero-order chi connectivity index (χ0) is 11.8. The van der Waals surface area contributed by atoms with Gasteiger partial charge in [-0.25, -0.2) is 0 Å². The molecule has 1 unspecified atom stereocenters. The standard InChI is InChI=1S/C13H20N2O/c1-13(2)7-9(13)8-15-12-6-10(16-3)4-5-11(12)14/h4-6,9,15H,7-8,14H2,1-3H3. The first-order chi connectivity index (χ1) is 7.53. The van der Waals surface area contributed by atoms with Gasteiger partial charge in [0.05, 0.1) is 18.5 Å². The summed E-state index contributed by atoms with van der Waals surface area (Å²) in [6.45, 7) is 5.59. The van der Waals surface area contributed by atoms with Crippen molar-refractivity contribution in [3.05, 3.63) is 18.2 Å². The molecule has 1 atom stereocenters. The first-order valence-corrected chi connectivity index (χ1v) is 5.70. The van der Waals surface area contributed by atoms with Gasteiger partial charge in [0.25, 0.3) is 0 Å². The van der Waals surface area contributed by atoms with E-state index in [2.05, 4.69) is 19.2 Å². The number of benzene rings is 1. The largest absolute Gasteiger partial charge is 0.497 e. The molecule has 16 heavy (non-hydrogen) atoms. The number of ether oxygens (including phenoxy) is 1. The minimum Gasteiger partial charge on any atom is -0.497 e. The van der Waals surface area contributed by atoms with Crippen LogP contribution in [0.5, 0.6) is 5.75 Å². The van der Waals surface area contributed by atoms with Gasteiger partial charge in [0.2, 0.25) is 0 Å². The van der Waals surface area contributed by atoms with Crippen molar-refractivity contribution in [1.82, 2.24) is 0 Å². The van der Waals surface area contributed by atoms with Crippen molar-refractivity contribution in [2.75, 3.05) is 24.7 Å². The first kappa shape index (κ1) is 11.1. The Morgan fingerprint density at radius 2 is 2.19 bits per heavy atom. The van der Waals surface area contributed by atoms with E-state index in [9.17, 15) is 0 Å². The highest BCUT2D eigenvalue weighted by molar-refractivity contribution is 5.68. The molecule has 3 heteroatoms. The van der Waals surface area contributed by atoms with Crippen LogP contribution < -0.4 is 15.8 Å². The topological polar surface area (TPSA) is 47.3 Å². The molecular formula is C13H20N2O. The SMILES string of the molecule is COc1ccc(N)c(NCC2CC2(C)C)c1. The van der Waals surface area contributed by atoms with Crippen LogP contribution in [0.3, 0.4) is 0 Å². The highest BCUT2D eigenvalue weighted by atomic mass is 16.5. The summed E-state index contributed by atoms with van der Waals surface area (Å²) in [5.74, 6) is 1.60. The van der Waals surface area contributed by atoms with Gasteiger partial charge in [-0.15, -0.1) is 0 Å². The van der Waals surface area contributed by atoms with E-state index < -0.39 is 0 Å². The van der Waals surface area contributed by atoms with Gasteiger partial charge in [-0.3, -0.25) is 0 Å². The summed E-state index contributed by atoms with van der Waals surface area (Å²) in [4.78, 5) is 0. The Balaban J connectivity index is 1.98. The van der Waals surface area contributed by atoms with E-state index in [1.165, 1.54) is 6.42 Å². The lowest BCUT2D eigenvalue weighted by Gasteiger charge is -2.11. The van der Waals surface area contributed by atoms with Crippen LogP contribution in [0.2, 0.25) is 0 Å². The van der Waals surface area contributed by atoms with Gasteiger partial charge in [-0.2, -0.15) is 0 Å². The third kappa shape index (κ3) is 2.23. The number of hydrogen-bond acceptors (Lipinski definition) is 3. The van der Waals surface area contributed by atoms with E-state index in [0.717, 1.165) is 29.6 Å². The molecule has 3 N–H and O–H groups in total. The van der Waals surface area contributed by atoms with E-state index in [-0.39, 0.29) is 0 Å². The number of methoxy groups -OCH3 is 1. The second-order valence-electron chi connectivity index (χ2n) is 5.22. The molecule has 0 amide bonds. The highest BCUT2D eigenvalue weighted by Gasteiger charge is 2.44. The van der Waals surface area contributed by atoms with Gasteiger partial charge in [0.1, 0.15) is 5.75 Å². The predicted octanol–water partition coefficient (Wildman–Crippen LogP) is 2.74. The van der Waals surface area contributed by atoms with Crippen LogP contribution in [0.15, 0.2) is 18.2 Å². The van der Waals surface area contributed by atoms with E-state index in [1.807, 2.05) is 18.2 Å². The molecule has 0 spiro atoms. The lowest BCUT2D eigenvalue weighted by atomic mass is 10.1. The third-order valence-corrected chi connectivity index (χ3v) is 3.52. The summed E-state index contributed by atoms with van der Waals surface area (Å²) < 4.78 is 5.18. The Morgan fingerprint density at radius 3 is 2.75 bits per heavy atom. The van der Waals surface area contributed by atoms with E-state index >= 15 is 0 Å². The maximum Gasteiger partial charge on any atom is 0.121 e. The van der Waals surface area contributed by atoms with Gasteiger partial charge in [0.15, 0.2) is 0 Å². The summed E-state index contributed by atoms with van der Waals surface area (Å²) >= 11 is 0. The average Bonchev–Trinajstić information content (AvgIpc) is 2.85. The number of nitrogen functional groups attached to an aromatic ring is 1. The molecule has 1 saturated carbocycles. The van der Waals surface area contributed by atoms with Crippen molar-refractivity contribution in [3.8, 4) is 5.75 Å². The van der Waals surface area contributed by atoms with Crippen molar-refractivity contribution >= 4 is 11.4 Å². The van der Waals surface area contributed by atoms with Crippen molar-refractivity contribution < 1.29 is 4.74 Å². The van der Waals surface area contributed by atoms with E-state index in [1.54, 1.807) is 7.11 Å². The fraction of sp³-hybridized carbons (Fsp3) is 0.538. The van der Waals surface area contributed by atoms with Crippen LogP contribution >= 0.6 is 0 Å². The van der Waals surface area contributed by atoms with Gasteiger partial charge < -0.3 is 15.8 Å². The number of nitrogens with one attached hydrogen (secondary N) is 1. The van der Waals surface area contributed by atoms with Gasteiger partial charge in [-0.1, -0.05) is 13.8 Å². The van der Waals surface area contributed by atoms with Crippen LogP contribution in [-0.4, -0.2) is 13.7 Å². The van der Waals surface area contributed by atoms with Gasteiger partial charge >= 0.3 is 0 Å². The molecular weight excluding hydrogens is 200 g/mol. The molecule has 0 heterocycles. The first-order valence-electron chi connectivity index (χ1n) is 5.70. The fourth-order valence-electron chi connectivity index (χ4n) is 1.97. The van der Waals surface area contributed by atoms with Crippen molar-refractivity contribution in [2.45, 2.75) is 20.3 Å². The lowest BCUT2D eigenvalue weighted by Crippen LogP contribution is -2.08. The maximum absolute atomic E-state index is 5.90. The zero-order valence-corrected chi connectivity index (χ0v) is 10.2. The Morgan fingerprint density at radius 1 is 1.50 bits per heavy atom. The summed E-state index contributed by atoms with van der Waals surface area (Å²) in [5, 5.41) is 3.40. The monoisotopic (exact) mass is 220 g/mol. The van der Waals surface area contributed by atoms with E-state index in [4.69, 9.17) is 10.5 Å². The lowest BCUT2D eigenvalue weighted by molar-refractivity contribution is 0.415. The number of nitrogens with two attached hydrogens (primary N) is 1. The Hall–Kier alpha value is -1.38. The minimum absolute atomic E-state index is 0.501. The number of hydrogen-bond donors (Lipinski definition) is 2. The van der Waals surface area contributed by atoms with Gasteiger partial charge in [0, 0.05) is 12.6 Å². The minimum atomic E-state index is 0.501. The molecule has 0 radical (unpaired) electrons. The van der Waals surface area contributed by atoms with Crippen LogP contribution in [-0.2, 0) is 0 Å². The average molecular weight is 220 g/mol. The Kier molecular flexibility index (Phi) is 2.70.